The van der Waals surface area contributed by atoms with Crippen LogP contribution in [0.4, 0.5) is 44.5 Å². The molecule has 27 heteroatoms. The van der Waals surface area contributed by atoms with Crippen LogP contribution in [0.1, 0.15) is 11.1 Å². The van der Waals surface area contributed by atoms with E-state index in [1.54, 1.807) is 37.3 Å². The predicted octanol–water partition coefficient (Wildman–Crippen LogP) is 10.7. The lowest BCUT2D eigenvalue weighted by Gasteiger charge is -2.16. The lowest BCUT2D eigenvalue weighted by molar-refractivity contribution is -0.432. The highest BCUT2D eigenvalue weighted by atomic mass is 35.5. The Labute approximate surface area is 381 Å². The van der Waals surface area contributed by atoms with E-state index in [4.69, 9.17) is 16.9 Å². The second kappa shape index (κ2) is 19.0. The van der Waals surface area contributed by atoms with E-state index in [1.165, 1.54) is 48.5 Å². The van der Waals surface area contributed by atoms with Crippen LogP contribution in [0.2, 0.25) is 5.02 Å². The Hall–Kier alpha value is -6.32. The second-order valence-corrected chi connectivity index (χ2v) is 19.4. The number of benzene rings is 5. The molecule has 0 fully saturated rings. The number of nitrogens with one attached hydrogen (secondary N) is 2. The monoisotopic (exact) mass is 995 g/mol. The van der Waals surface area contributed by atoms with Gasteiger partial charge in [0, 0.05) is 37.8 Å². The van der Waals surface area contributed by atoms with Crippen molar-refractivity contribution in [2.45, 2.75) is 26.5 Å². The summed E-state index contributed by atoms with van der Waals surface area (Å²) >= 11 is 7.61. The molecule has 332 valence electrons. The molecule has 6 N–H and O–H groups in total. The van der Waals surface area contributed by atoms with Gasteiger partial charge in [0.2, 0.25) is 5.13 Å². The van der Waals surface area contributed by atoms with Crippen LogP contribution in [0.15, 0.2) is 143 Å². The van der Waals surface area contributed by atoms with Crippen molar-refractivity contribution in [3.63, 3.8) is 0 Å². The molecule has 0 unspecified atom stereocenters. The molecule has 0 atom stereocenters. The van der Waals surface area contributed by atoms with Crippen molar-refractivity contribution < 1.29 is 53.5 Å². The zero-order chi connectivity index (χ0) is 46.7. The number of nitrogens with zero attached hydrogens (tertiary/aromatic N) is 7. The molecule has 0 aliphatic rings. The minimum Gasteiger partial charge on any atom is -0.339 e. The number of hydrogen-bond acceptors (Lipinski definition) is 20. The number of rotatable bonds is 15. The molecule has 0 radical (unpaired) electrons. The van der Waals surface area contributed by atoms with Gasteiger partial charge in [-0.1, -0.05) is 52.2 Å². The zero-order valence-electron chi connectivity index (χ0n) is 32.4. The molecule has 2 aromatic heterocycles. The van der Waals surface area contributed by atoms with E-state index in [2.05, 4.69) is 56.5 Å². The summed E-state index contributed by atoms with van der Waals surface area (Å²) in [6, 6.07) is 25.4. The number of pyridine rings is 1. The highest BCUT2D eigenvalue weighted by Gasteiger charge is 2.22. The number of aromatic nitrogens is 2. The fraction of sp³-hybridized carbons (Fsp3) is 0.0263. The molecule has 21 nitrogen and oxygen atoms in total. The Balaban J connectivity index is 1.32. The van der Waals surface area contributed by atoms with Crippen LogP contribution in [-0.2, 0) is 39.7 Å². The van der Waals surface area contributed by atoms with Gasteiger partial charge < -0.3 is 10.6 Å². The van der Waals surface area contributed by atoms with E-state index in [1.807, 2.05) is 0 Å². The summed E-state index contributed by atoms with van der Waals surface area (Å²) in [5.74, 6) is -0.0295. The molecule has 0 saturated heterocycles. The third-order valence-corrected chi connectivity index (χ3v) is 13.3. The van der Waals surface area contributed by atoms with Crippen LogP contribution in [0.3, 0.4) is 0 Å². The fourth-order valence-corrected chi connectivity index (χ4v) is 9.00. The van der Waals surface area contributed by atoms with Gasteiger partial charge in [-0.3, -0.25) is 13.7 Å². The largest absolute Gasteiger partial charge is 0.339 e. The number of halogens is 1. The van der Waals surface area contributed by atoms with E-state index < -0.39 is 35.2 Å². The van der Waals surface area contributed by atoms with Crippen LogP contribution in [0, 0.1) is 18.3 Å². The smallest absolute Gasteiger partial charge is 0.295 e. The summed E-state index contributed by atoms with van der Waals surface area (Å²) in [4.78, 5) is 8.24. The number of anilines is 4. The minimum absolute atomic E-state index is 0.0124. The second-order valence-electron chi connectivity index (χ2n) is 13.1. The fourth-order valence-electron chi connectivity index (χ4n) is 5.94. The summed E-state index contributed by atoms with van der Waals surface area (Å²) in [5, 5.41) is 47.3. The predicted molar refractivity (Wildman–Crippen MR) is 238 cm³/mol. The van der Waals surface area contributed by atoms with Crippen LogP contribution in [-0.4, -0.2) is 54.1 Å². The highest BCUT2D eigenvalue weighted by molar-refractivity contribution is 7.94. The van der Waals surface area contributed by atoms with E-state index >= 15 is 0 Å². The van der Waals surface area contributed by atoms with Crippen molar-refractivity contribution in [3.8, 4) is 17.3 Å². The Morgan fingerprint density at radius 2 is 1.35 bits per heavy atom. The zero-order valence-corrected chi connectivity index (χ0v) is 37.3. The quantitative estimate of drug-likeness (QED) is 0.0183. The van der Waals surface area contributed by atoms with E-state index in [0.29, 0.717) is 28.0 Å². The van der Waals surface area contributed by atoms with Crippen LogP contribution in [0.5, 0.6) is 0 Å². The Morgan fingerprint density at radius 1 is 0.738 bits per heavy atom. The van der Waals surface area contributed by atoms with Crippen LogP contribution < -0.4 is 10.6 Å². The van der Waals surface area contributed by atoms with Gasteiger partial charge in [0.25, 0.3) is 30.4 Å². The van der Waals surface area contributed by atoms with Gasteiger partial charge in [-0.25, -0.2) is 15.2 Å². The lowest BCUT2D eigenvalue weighted by atomic mass is 10.1. The third kappa shape index (κ3) is 11.0. The van der Waals surface area contributed by atoms with Gasteiger partial charge in [0.05, 0.1) is 33.1 Å². The molecular formula is C38H26ClN9O12S5. The van der Waals surface area contributed by atoms with Gasteiger partial charge in [0.15, 0.2) is 16.6 Å². The Bertz CT molecular complexity index is 3430. The maximum absolute atomic E-state index is 12.3. The summed E-state index contributed by atoms with van der Waals surface area (Å²) in [6.07, 6.45) is 0. The first kappa shape index (κ1) is 46.7. The van der Waals surface area contributed by atoms with E-state index in [-0.39, 0.29) is 81.4 Å². The molecule has 0 aliphatic heterocycles. The Kier molecular flexibility index (Phi) is 13.7. The molecule has 65 heavy (non-hydrogen) atoms. The van der Waals surface area contributed by atoms with E-state index in [0.717, 1.165) is 35.6 Å². The summed E-state index contributed by atoms with van der Waals surface area (Å²) in [7, 11) is -13.7. The highest BCUT2D eigenvalue weighted by Crippen LogP contribution is 2.44. The van der Waals surface area contributed by atoms with Crippen molar-refractivity contribution in [2.75, 3.05) is 10.6 Å². The number of nitriles is 1. The lowest BCUT2D eigenvalue weighted by Crippen LogP contribution is -2.05. The molecule has 0 spiro atoms. The summed E-state index contributed by atoms with van der Waals surface area (Å²) < 4.78 is 105. The van der Waals surface area contributed by atoms with Crippen LogP contribution >= 0.6 is 35.0 Å². The number of azo groups is 2. The number of thiazole rings is 1. The van der Waals surface area contributed by atoms with Gasteiger partial charge in [-0.2, -0.15) is 30.5 Å². The molecule has 0 saturated carbocycles. The molecule has 5 aromatic carbocycles. The average molecular weight is 996 g/mol. The maximum Gasteiger partial charge on any atom is 0.295 e. The van der Waals surface area contributed by atoms with Crippen molar-refractivity contribution in [1.82, 2.24) is 9.97 Å². The summed E-state index contributed by atoms with van der Waals surface area (Å²) in [6.45, 7) is 1.55. The van der Waals surface area contributed by atoms with E-state index in [9.17, 15) is 44.2 Å². The molecule has 7 rings (SSSR count). The first-order valence-electron chi connectivity index (χ1n) is 17.8. The summed E-state index contributed by atoms with van der Waals surface area (Å²) in [5.41, 5.74) is 1.65. The third-order valence-electron chi connectivity index (χ3n) is 8.90. The van der Waals surface area contributed by atoms with Crippen molar-refractivity contribution in [1.29, 1.82) is 5.26 Å². The molecule has 2 heterocycles. The Morgan fingerprint density at radius 3 is 1.92 bits per heavy atom. The van der Waals surface area contributed by atoms with Gasteiger partial charge in [0.1, 0.15) is 22.3 Å². The molecule has 0 amide bonds. The molecule has 0 bridgehead atoms. The molecule has 0 aliphatic carbocycles. The van der Waals surface area contributed by atoms with Crippen molar-refractivity contribution in [3.05, 3.63) is 119 Å². The standard InChI is InChI=1S/C38H26ClN9O12S5/c1-20-30(19-40)35(41-23-9-13-26(14-10-23)63(50,51)52)44-36(42-24-11-15-27(16-12-24)64(53,54)55)33(20)46-48-38-43-34(21-5-7-22(39)8-6-21)37(61-38)47-45-25-17-29-28(31(18-25)62-60-59-49)3-2-4-32(29)65(56,57)58/h2-18,49H,1H3,(H2,41,42,44)(H,50,51,52)(H,53,54,55)(H,56,57,58)/b47-45+,48-46+. The number of hydrogen-bond donors (Lipinski definition) is 6. The first-order chi connectivity index (χ1) is 30.8. The van der Waals surface area contributed by atoms with Crippen LogP contribution in [0.25, 0.3) is 22.0 Å². The normalized spacial score (nSPS) is 12.3. The minimum atomic E-state index is -4.71. The molecular weight excluding hydrogens is 970 g/mol. The van der Waals surface area contributed by atoms with Gasteiger partial charge >= 0.3 is 0 Å². The number of fused-ring (bicyclic) bond motifs is 1. The van der Waals surface area contributed by atoms with Gasteiger partial charge in [-0.05, 0) is 91.2 Å². The first-order valence-corrected chi connectivity index (χ1v) is 24.0. The topological polar surface area (TPSA) is 325 Å². The van der Waals surface area contributed by atoms with Crippen molar-refractivity contribution in [2.24, 2.45) is 20.5 Å². The van der Waals surface area contributed by atoms with Crippen molar-refractivity contribution >= 4 is 121 Å². The maximum atomic E-state index is 12.3. The SMILES string of the molecule is Cc1c(C#N)c(Nc2ccc(S(=O)(=O)O)cc2)nc(Nc2ccc(S(=O)(=O)O)cc2)c1/N=N/c1nc(-c2ccc(Cl)cc2)c(/N=N/c2cc(SOOO)c3cccc(S(=O)(=O)O)c3c2)s1. The molecule has 7 aromatic rings. The average Bonchev–Trinajstić information content (AvgIpc) is 3.67. The van der Waals surface area contributed by atoms with Gasteiger partial charge in [-0.15, -0.1) is 24.8 Å².